The van der Waals surface area contributed by atoms with Crippen molar-refractivity contribution in [2.75, 3.05) is 36.5 Å². The summed E-state index contributed by atoms with van der Waals surface area (Å²) in [6.45, 7) is 4.63. The lowest BCUT2D eigenvalue weighted by Crippen LogP contribution is -2.21. The summed E-state index contributed by atoms with van der Waals surface area (Å²) in [5.41, 5.74) is 1.92. The van der Waals surface area contributed by atoms with E-state index in [0.717, 1.165) is 41.6 Å². The molecule has 2 aromatic rings. The first kappa shape index (κ1) is 12.2. The number of fused-ring (bicyclic) bond motifs is 1. The summed E-state index contributed by atoms with van der Waals surface area (Å²) in [5.74, 6) is 1.57. The van der Waals surface area contributed by atoms with E-state index in [-0.39, 0.29) is 6.61 Å². The van der Waals surface area contributed by atoms with Gasteiger partial charge in [0.05, 0.1) is 12.0 Å². The van der Waals surface area contributed by atoms with Crippen molar-refractivity contribution in [3.63, 3.8) is 0 Å². The Labute approximate surface area is 111 Å². The van der Waals surface area contributed by atoms with Gasteiger partial charge in [0.25, 0.3) is 0 Å². The number of aliphatic hydroxyl groups is 1. The third kappa shape index (κ3) is 2.35. The third-order valence-corrected chi connectivity index (χ3v) is 3.40. The van der Waals surface area contributed by atoms with Gasteiger partial charge in [-0.25, -0.2) is 0 Å². The normalized spacial score (nSPS) is 15.4. The van der Waals surface area contributed by atoms with Crippen LogP contribution in [0.15, 0.2) is 6.07 Å². The average molecular weight is 261 g/mol. The first-order valence-electron chi connectivity index (χ1n) is 6.75. The van der Waals surface area contributed by atoms with E-state index in [1.165, 1.54) is 12.8 Å². The Morgan fingerprint density at radius 3 is 2.89 bits per heavy atom. The molecule has 3 N–H and O–H groups in total. The summed E-state index contributed by atoms with van der Waals surface area (Å²) < 4.78 is 0. The van der Waals surface area contributed by atoms with E-state index in [9.17, 15) is 0 Å². The van der Waals surface area contributed by atoms with Crippen LogP contribution in [0, 0.1) is 6.92 Å². The number of anilines is 2. The lowest BCUT2D eigenvalue weighted by Gasteiger charge is -2.16. The van der Waals surface area contributed by atoms with Crippen LogP contribution in [-0.2, 0) is 0 Å². The molecule has 102 valence electrons. The zero-order valence-electron chi connectivity index (χ0n) is 11.1. The number of nitrogens with one attached hydrogen (secondary N) is 2. The van der Waals surface area contributed by atoms with Crippen LogP contribution in [0.2, 0.25) is 0 Å². The molecule has 3 rings (SSSR count). The molecule has 1 aliphatic rings. The van der Waals surface area contributed by atoms with Crippen molar-refractivity contribution >= 4 is 22.8 Å². The third-order valence-electron chi connectivity index (χ3n) is 3.40. The number of rotatable bonds is 4. The largest absolute Gasteiger partial charge is 0.395 e. The first-order chi connectivity index (χ1) is 9.28. The lowest BCUT2D eigenvalue weighted by molar-refractivity contribution is 0.311. The van der Waals surface area contributed by atoms with Gasteiger partial charge >= 0.3 is 0 Å². The molecule has 0 amide bonds. The second-order valence-electron chi connectivity index (χ2n) is 4.93. The van der Waals surface area contributed by atoms with Crippen LogP contribution in [0.25, 0.3) is 11.0 Å². The minimum Gasteiger partial charge on any atom is -0.395 e. The fourth-order valence-electron chi connectivity index (χ4n) is 2.50. The van der Waals surface area contributed by atoms with E-state index in [2.05, 4.69) is 25.2 Å². The smallest absolute Gasteiger partial charge is 0.229 e. The highest BCUT2D eigenvalue weighted by Crippen LogP contribution is 2.25. The average Bonchev–Trinajstić information content (AvgIpc) is 3.03. The van der Waals surface area contributed by atoms with E-state index in [1.54, 1.807) is 0 Å². The fraction of sp³-hybridized carbons (Fsp3) is 0.538. The maximum absolute atomic E-state index is 8.96. The van der Waals surface area contributed by atoms with Gasteiger partial charge in [0.2, 0.25) is 5.95 Å². The zero-order valence-corrected chi connectivity index (χ0v) is 11.1. The molecule has 1 fully saturated rings. The van der Waals surface area contributed by atoms with E-state index < -0.39 is 0 Å². The number of aromatic nitrogens is 3. The second-order valence-corrected chi connectivity index (χ2v) is 4.93. The van der Waals surface area contributed by atoms with Gasteiger partial charge in [-0.05, 0) is 25.8 Å². The van der Waals surface area contributed by atoms with E-state index in [4.69, 9.17) is 5.11 Å². The highest BCUT2D eigenvalue weighted by Gasteiger charge is 2.18. The van der Waals surface area contributed by atoms with Crippen molar-refractivity contribution in [3.05, 3.63) is 11.8 Å². The summed E-state index contributed by atoms with van der Waals surface area (Å²) in [7, 11) is 0. The Morgan fingerprint density at radius 1 is 1.37 bits per heavy atom. The van der Waals surface area contributed by atoms with Gasteiger partial charge in [-0.15, -0.1) is 0 Å². The van der Waals surface area contributed by atoms with Crippen LogP contribution in [-0.4, -0.2) is 46.3 Å². The number of aliphatic hydroxyl groups excluding tert-OH is 1. The van der Waals surface area contributed by atoms with Crippen LogP contribution >= 0.6 is 0 Å². The first-order valence-corrected chi connectivity index (χ1v) is 6.75. The molecule has 6 heteroatoms. The van der Waals surface area contributed by atoms with Crippen molar-refractivity contribution in [2.24, 2.45) is 0 Å². The molecule has 6 nitrogen and oxygen atoms in total. The summed E-state index contributed by atoms with van der Waals surface area (Å²) in [5, 5.41) is 13.1. The van der Waals surface area contributed by atoms with Gasteiger partial charge in [-0.2, -0.15) is 9.97 Å². The molecular formula is C13H19N5O. The summed E-state index contributed by atoms with van der Waals surface area (Å²) in [4.78, 5) is 14.7. The molecule has 0 unspecified atom stereocenters. The Bertz CT molecular complexity index is 574. The van der Waals surface area contributed by atoms with Crippen molar-refractivity contribution in [1.82, 2.24) is 15.0 Å². The summed E-state index contributed by atoms with van der Waals surface area (Å²) >= 11 is 0. The van der Waals surface area contributed by atoms with Crippen LogP contribution < -0.4 is 10.2 Å². The van der Waals surface area contributed by atoms with Gasteiger partial charge in [-0.1, -0.05) is 0 Å². The predicted octanol–water partition coefficient (Wildman–Crippen LogP) is 1.27. The maximum atomic E-state index is 8.96. The van der Waals surface area contributed by atoms with E-state index >= 15 is 0 Å². The van der Waals surface area contributed by atoms with Crippen molar-refractivity contribution < 1.29 is 5.11 Å². The topological polar surface area (TPSA) is 77.1 Å². The molecule has 19 heavy (non-hydrogen) atoms. The van der Waals surface area contributed by atoms with Crippen LogP contribution in [0.5, 0.6) is 0 Å². The standard InChI is InChI=1S/C13H19N5O/c1-9-8-10-11(14-4-7-19)16-13(17-12(10)15-9)18-5-2-3-6-18/h8,19H,2-7H2,1H3,(H2,14,15,16,17). The predicted molar refractivity (Wildman–Crippen MR) is 75.6 cm³/mol. The van der Waals surface area contributed by atoms with Gasteiger partial charge < -0.3 is 20.3 Å². The molecular weight excluding hydrogens is 242 g/mol. The minimum atomic E-state index is 0.0912. The Balaban J connectivity index is 2.03. The monoisotopic (exact) mass is 261 g/mol. The van der Waals surface area contributed by atoms with E-state index in [0.29, 0.717) is 6.54 Å². The number of nitrogens with zero attached hydrogens (tertiary/aromatic N) is 3. The fourth-order valence-corrected chi connectivity index (χ4v) is 2.50. The van der Waals surface area contributed by atoms with Crippen molar-refractivity contribution in [1.29, 1.82) is 0 Å². The quantitative estimate of drug-likeness (QED) is 0.772. The van der Waals surface area contributed by atoms with Gasteiger partial charge in [0.15, 0.2) is 0 Å². The number of aromatic amines is 1. The molecule has 0 radical (unpaired) electrons. The highest BCUT2D eigenvalue weighted by molar-refractivity contribution is 5.89. The van der Waals surface area contributed by atoms with Gasteiger partial charge in [-0.3, -0.25) is 0 Å². The second kappa shape index (κ2) is 5.05. The van der Waals surface area contributed by atoms with Crippen molar-refractivity contribution in [3.8, 4) is 0 Å². The van der Waals surface area contributed by atoms with Gasteiger partial charge in [0.1, 0.15) is 11.5 Å². The molecule has 1 aliphatic heterocycles. The number of aryl methyl sites for hydroxylation is 1. The molecule has 0 spiro atoms. The molecule has 3 heterocycles. The van der Waals surface area contributed by atoms with Crippen LogP contribution in [0.4, 0.5) is 11.8 Å². The maximum Gasteiger partial charge on any atom is 0.229 e. The van der Waals surface area contributed by atoms with Crippen LogP contribution in [0.3, 0.4) is 0 Å². The zero-order chi connectivity index (χ0) is 13.2. The molecule has 0 atom stereocenters. The number of hydrogen-bond acceptors (Lipinski definition) is 5. The summed E-state index contributed by atoms with van der Waals surface area (Å²) in [6.07, 6.45) is 2.40. The number of H-pyrrole nitrogens is 1. The SMILES string of the molecule is Cc1cc2c(NCCO)nc(N3CCCC3)nc2[nH]1. The molecule has 1 saturated heterocycles. The molecule has 2 aromatic heterocycles. The molecule has 0 bridgehead atoms. The Morgan fingerprint density at radius 2 is 2.16 bits per heavy atom. The van der Waals surface area contributed by atoms with Crippen LogP contribution in [0.1, 0.15) is 18.5 Å². The highest BCUT2D eigenvalue weighted by atomic mass is 16.3. The van der Waals surface area contributed by atoms with Gasteiger partial charge in [0, 0.05) is 25.3 Å². The molecule has 0 aromatic carbocycles. The minimum absolute atomic E-state index is 0.0912. The Kier molecular flexibility index (Phi) is 3.25. The lowest BCUT2D eigenvalue weighted by atomic mass is 10.3. The summed E-state index contributed by atoms with van der Waals surface area (Å²) in [6, 6.07) is 2.03. The number of hydrogen-bond donors (Lipinski definition) is 3. The molecule has 0 saturated carbocycles. The van der Waals surface area contributed by atoms with Crippen molar-refractivity contribution in [2.45, 2.75) is 19.8 Å². The Hall–Kier alpha value is -1.82. The van der Waals surface area contributed by atoms with E-state index in [1.807, 2.05) is 13.0 Å². The molecule has 0 aliphatic carbocycles.